The smallest absolute Gasteiger partial charge is 0.155 e. The van der Waals surface area contributed by atoms with Crippen LogP contribution in [0.25, 0.3) is 0 Å². The normalized spacial score (nSPS) is 51.0. The van der Waals surface area contributed by atoms with Crippen LogP contribution in [0, 0.1) is 29.1 Å². The zero-order valence-corrected chi connectivity index (χ0v) is 12.5. The van der Waals surface area contributed by atoms with Crippen molar-refractivity contribution in [1.29, 1.82) is 0 Å². The molecule has 3 fully saturated rings. The summed E-state index contributed by atoms with van der Waals surface area (Å²) in [6.07, 6.45) is 10.9. The van der Waals surface area contributed by atoms with Crippen LogP contribution in [-0.4, -0.2) is 17.0 Å². The summed E-state index contributed by atoms with van der Waals surface area (Å²) in [5.74, 6) is 3.14. The highest BCUT2D eigenvalue weighted by molar-refractivity contribution is 5.91. The van der Waals surface area contributed by atoms with Gasteiger partial charge in [0, 0.05) is 6.42 Å². The van der Waals surface area contributed by atoms with Gasteiger partial charge in [-0.25, -0.2) is 0 Å². The van der Waals surface area contributed by atoms with Crippen LogP contribution >= 0.6 is 0 Å². The van der Waals surface area contributed by atoms with Crippen LogP contribution in [0.5, 0.6) is 0 Å². The van der Waals surface area contributed by atoms with Gasteiger partial charge < -0.3 is 5.11 Å². The van der Waals surface area contributed by atoms with Gasteiger partial charge in [0.05, 0.1) is 6.10 Å². The van der Waals surface area contributed by atoms with Crippen LogP contribution in [0.15, 0.2) is 11.6 Å². The predicted molar refractivity (Wildman–Crippen MR) is 78.1 cm³/mol. The molecule has 1 N–H and O–H groups in total. The van der Waals surface area contributed by atoms with Gasteiger partial charge in [0.1, 0.15) is 0 Å². The molecular formula is C18H26O2. The maximum Gasteiger partial charge on any atom is 0.155 e. The summed E-state index contributed by atoms with van der Waals surface area (Å²) in [4.78, 5) is 11.8. The highest BCUT2D eigenvalue weighted by atomic mass is 16.3. The molecule has 0 unspecified atom stereocenters. The average molecular weight is 274 g/mol. The Morgan fingerprint density at radius 2 is 2.00 bits per heavy atom. The minimum atomic E-state index is -0.0897. The number of hydrogen-bond donors (Lipinski definition) is 1. The molecule has 0 spiro atoms. The lowest BCUT2D eigenvalue weighted by atomic mass is 9.53. The van der Waals surface area contributed by atoms with E-state index in [4.69, 9.17) is 0 Å². The summed E-state index contributed by atoms with van der Waals surface area (Å²) in [5, 5.41) is 10.4. The summed E-state index contributed by atoms with van der Waals surface area (Å²) in [6, 6.07) is 0. The van der Waals surface area contributed by atoms with Crippen molar-refractivity contribution in [3.63, 3.8) is 0 Å². The second-order valence-electron chi connectivity index (χ2n) is 7.94. The van der Waals surface area contributed by atoms with E-state index in [1.54, 1.807) is 0 Å². The van der Waals surface area contributed by atoms with Crippen LogP contribution in [0.3, 0.4) is 0 Å². The highest BCUT2D eigenvalue weighted by Gasteiger charge is 2.55. The van der Waals surface area contributed by atoms with Crippen molar-refractivity contribution in [3.8, 4) is 0 Å². The Labute approximate surface area is 121 Å². The number of aliphatic hydroxyl groups excluding tert-OH is 1. The molecular weight excluding hydrogens is 248 g/mol. The highest BCUT2D eigenvalue weighted by Crippen LogP contribution is 2.61. The molecule has 6 atom stereocenters. The third-order valence-electron chi connectivity index (χ3n) is 7.20. The molecule has 4 rings (SSSR count). The minimum Gasteiger partial charge on any atom is -0.393 e. The van der Waals surface area contributed by atoms with Gasteiger partial charge in [-0.3, -0.25) is 4.79 Å². The van der Waals surface area contributed by atoms with E-state index in [1.165, 1.54) is 31.3 Å². The Kier molecular flexibility index (Phi) is 2.89. The lowest BCUT2D eigenvalue weighted by Crippen LogP contribution is -2.46. The van der Waals surface area contributed by atoms with Gasteiger partial charge in [0.15, 0.2) is 5.78 Å². The van der Waals surface area contributed by atoms with Crippen LogP contribution < -0.4 is 0 Å². The molecule has 0 aromatic carbocycles. The van der Waals surface area contributed by atoms with Crippen LogP contribution in [0.2, 0.25) is 0 Å². The van der Waals surface area contributed by atoms with Crippen LogP contribution in [0.1, 0.15) is 58.3 Å². The number of ketones is 1. The third kappa shape index (κ3) is 1.70. The fraction of sp³-hybridized carbons (Fsp3) is 0.833. The summed E-state index contributed by atoms with van der Waals surface area (Å²) >= 11 is 0. The van der Waals surface area contributed by atoms with Crippen molar-refractivity contribution in [2.24, 2.45) is 29.1 Å². The van der Waals surface area contributed by atoms with Crippen molar-refractivity contribution in [2.45, 2.75) is 64.4 Å². The maximum atomic E-state index is 11.8. The molecule has 0 amide bonds. The van der Waals surface area contributed by atoms with Gasteiger partial charge in [-0.05, 0) is 80.1 Å². The third-order valence-corrected chi connectivity index (χ3v) is 7.20. The number of aliphatic hydroxyl groups is 1. The lowest BCUT2D eigenvalue weighted by molar-refractivity contribution is -0.115. The number of allylic oxidation sites excluding steroid dienone is 2. The standard InChI is InChI=1S/C18H26O2/c1-18-9-8-13-14(16(18)6-7-17(18)20)5-3-11-2-4-12(19)10-15(11)13/h10-11,13-14,16-17,20H,2-9H2,1H3/t11-,13+,14+,16-,17+,18+/m1/s1. The number of carbonyl (C=O) groups excluding carboxylic acids is 1. The number of rotatable bonds is 0. The average Bonchev–Trinajstić information content (AvgIpc) is 2.74. The number of hydrogen-bond acceptors (Lipinski definition) is 2. The molecule has 0 aliphatic heterocycles. The summed E-state index contributed by atoms with van der Waals surface area (Å²) < 4.78 is 0. The lowest BCUT2D eigenvalue weighted by Gasteiger charge is -2.52. The Morgan fingerprint density at radius 1 is 1.15 bits per heavy atom. The van der Waals surface area contributed by atoms with Crippen molar-refractivity contribution in [3.05, 3.63) is 11.6 Å². The van der Waals surface area contributed by atoms with E-state index in [1.807, 2.05) is 6.08 Å². The first-order chi connectivity index (χ1) is 9.59. The Bertz CT molecular complexity index is 466. The fourth-order valence-electron chi connectivity index (χ4n) is 6.05. The maximum absolute atomic E-state index is 11.8. The Balaban J connectivity index is 1.66. The SMILES string of the molecule is C[C@]12CC[C@@H]3C4=CC(=O)CC[C@@H]4CC[C@@H]3[C@H]1CC[C@@H]2O. The van der Waals surface area contributed by atoms with Crippen molar-refractivity contribution in [2.75, 3.05) is 0 Å². The fourth-order valence-corrected chi connectivity index (χ4v) is 6.05. The van der Waals surface area contributed by atoms with E-state index < -0.39 is 0 Å². The predicted octanol–water partition coefficient (Wildman–Crippen LogP) is 3.49. The quantitative estimate of drug-likeness (QED) is 0.734. The molecule has 2 heteroatoms. The second-order valence-corrected chi connectivity index (χ2v) is 7.94. The van der Waals surface area contributed by atoms with E-state index >= 15 is 0 Å². The molecule has 3 saturated carbocycles. The van der Waals surface area contributed by atoms with Crippen molar-refractivity contribution in [1.82, 2.24) is 0 Å². The van der Waals surface area contributed by atoms with Gasteiger partial charge in [-0.2, -0.15) is 0 Å². The molecule has 0 bridgehead atoms. The largest absolute Gasteiger partial charge is 0.393 e. The van der Waals surface area contributed by atoms with E-state index in [0.717, 1.165) is 31.6 Å². The molecule has 0 aromatic heterocycles. The molecule has 20 heavy (non-hydrogen) atoms. The molecule has 2 nitrogen and oxygen atoms in total. The second kappa shape index (κ2) is 4.43. The molecule has 0 aromatic rings. The van der Waals surface area contributed by atoms with Gasteiger partial charge >= 0.3 is 0 Å². The first-order valence-corrected chi connectivity index (χ1v) is 8.52. The first-order valence-electron chi connectivity index (χ1n) is 8.52. The van der Waals surface area contributed by atoms with Crippen LogP contribution in [0.4, 0.5) is 0 Å². The van der Waals surface area contributed by atoms with Gasteiger partial charge in [-0.15, -0.1) is 0 Å². The zero-order valence-electron chi connectivity index (χ0n) is 12.5. The minimum absolute atomic E-state index is 0.0897. The number of carbonyl (C=O) groups is 1. The van der Waals surface area contributed by atoms with Gasteiger partial charge in [0.2, 0.25) is 0 Å². The topological polar surface area (TPSA) is 37.3 Å². The van der Waals surface area contributed by atoms with Crippen molar-refractivity contribution >= 4 is 5.78 Å². The molecule has 0 radical (unpaired) electrons. The summed E-state index contributed by atoms with van der Waals surface area (Å²) in [6.45, 7) is 2.32. The first kappa shape index (κ1) is 13.1. The Hall–Kier alpha value is -0.630. The molecule has 110 valence electrons. The van der Waals surface area contributed by atoms with Gasteiger partial charge in [0.25, 0.3) is 0 Å². The summed E-state index contributed by atoms with van der Waals surface area (Å²) in [5.41, 5.74) is 1.66. The van der Waals surface area contributed by atoms with E-state index in [0.29, 0.717) is 23.5 Å². The molecule has 0 heterocycles. The van der Waals surface area contributed by atoms with E-state index in [9.17, 15) is 9.90 Å². The Morgan fingerprint density at radius 3 is 2.85 bits per heavy atom. The van der Waals surface area contributed by atoms with E-state index in [2.05, 4.69) is 6.92 Å². The zero-order chi connectivity index (χ0) is 13.9. The molecule has 0 saturated heterocycles. The number of fused-ring (bicyclic) bond motifs is 5. The van der Waals surface area contributed by atoms with Crippen LogP contribution in [-0.2, 0) is 4.79 Å². The van der Waals surface area contributed by atoms with Gasteiger partial charge in [-0.1, -0.05) is 12.5 Å². The monoisotopic (exact) mass is 274 g/mol. The molecule has 4 aliphatic rings. The molecule has 4 aliphatic carbocycles. The summed E-state index contributed by atoms with van der Waals surface area (Å²) in [7, 11) is 0. The van der Waals surface area contributed by atoms with Crippen molar-refractivity contribution < 1.29 is 9.90 Å². The van der Waals surface area contributed by atoms with E-state index in [-0.39, 0.29) is 11.5 Å².